The molecule has 1 aliphatic carbocycles. The van der Waals surface area contributed by atoms with E-state index in [0.717, 1.165) is 25.3 Å². The van der Waals surface area contributed by atoms with Gasteiger partial charge in [0.05, 0.1) is 18.7 Å². The lowest BCUT2D eigenvalue weighted by molar-refractivity contribution is -0.137. The summed E-state index contributed by atoms with van der Waals surface area (Å²) in [6.45, 7) is -0.165. The molecule has 0 radical (unpaired) electrons. The van der Waals surface area contributed by atoms with Gasteiger partial charge in [0.2, 0.25) is 11.8 Å². The minimum Gasteiger partial charge on any atom is -0.354 e. The molecule has 0 aliphatic heterocycles. The largest absolute Gasteiger partial charge is 0.416 e. The van der Waals surface area contributed by atoms with Gasteiger partial charge in [0.15, 0.2) is 0 Å². The number of carbonyl (C=O) groups is 2. The van der Waals surface area contributed by atoms with E-state index in [0.29, 0.717) is 18.4 Å². The summed E-state index contributed by atoms with van der Waals surface area (Å²) in [4.78, 5) is 23.1. The number of alkyl halides is 3. The average Bonchev–Trinajstić information content (AvgIpc) is 2.64. The number of hydrogen-bond donors (Lipinski definition) is 3. The topological polar surface area (TPSA) is 84.2 Å². The lowest BCUT2D eigenvalue weighted by Gasteiger charge is -2.38. The molecule has 4 N–H and O–H groups in total. The van der Waals surface area contributed by atoms with Gasteiger partial charge in [0.25, 0.3) is 0 Å². The molecule has 0 saturated heterocycles. The van der Waals surface area contributed by atoms with Gasteiger partial charge in [-0.1, -0.05) is 37.5 Å². The van der Waals surface area contributed by atoms with E-state index in [4.69, 9.17) is 5.73 Å². The first-order chi connectivity index (χ1) is 12.3. The molecule has 0 atom stereocenters. The maximum atomic E-state index is 13.1. The molecule has 2 amide bonds. The highest BCUT2D eigenvalue weighted by Gasteiger charge is 2.37. The molecule has 1 aromatic rings. The molecule has 1 aromatic carbocycles. The number of amides is 2. The van der Waals surface area contributed by atoms with Crippen molar-refractivity contribution >= 4 is 24.2 Å². The van der Waals surface area contributed by atoms with E-state index in [1.54, 1.807) is 6.07 Å². The number of rotatable bonds is 6. The highest BCUT2D eigenvalue weighted by molar-refractivity contribution is 5.85. The summed E-state index contributed by atoms with van der Waals surface area (Å²) in [6, 6.07) is 5.36. The first kappa shape index (κ1) is 23.2. The monoisotopic (exact) mass is 407 g/mol. The summed E-state index contributed by atoms with van der Waals surface area (Å²) in [6.07, 6.45) is -0.150. The van der Waals surface area contributed by atoms with E-state index in [1.165, 1.54) is 12.1 Å². The van der Waals surface area contributed by atoms with Gasteiger partial charge in [0.1, 0.15) is 0 Å². The Hall–Kier alpha value is -1.80. The van der Waals surface area contributed by atoms with Gasteiger partial charge in [-0.15, -0.1) is 12.4 Å². The molecular weight excluding hydrogens is 383 g/mol. The van der Waals surface area contributed by atoms with Crippen molar-refractivity contribution in [3.8, 4) is 0 Å². The van der Waals surface area contributed by atoms with Crippen LogP contribution in [0.1, 0.15) is 43.2 Å². The molecule has 1 saturated carbocycles. The Balaban J connectivity index is 0.00000364. The first-order valence-electron chi connectivity index (χ1n) is 8.68. The van der Waals surface area contributed by atoms with Crippen LogP contribution in [0.3, 0.4) is 0 Å². The number of benzene rings is 1. The van der Waals surface area contributed by atoms with Crippen LogP contribution in [-0.2, 0) is 21.2 Å². The number of hydrogen-bond acceptors (Lipinski definition) is 3. The van der Waals surface area contributed by atoms with Crippen LogP contribution in [0.25, 0.3) is 0 Å². The Morgan fingerprint density at radius 3 is 2.33 bits per heavy atom. The van der Waals surface area contributed by atoms with Crippen molar-refractivity contribution < 1.29 is 22.8 Å². The predicted octanol–water partition coefficient (Wildman–Crippen LogP) is 2.52. The second-order valence-electron chi connectivity index (χ2n) is 6.68. The van der Waals surface area contributed by atoms with Crippen LogP contribution < -0.4 is 16.4 Å². The normalized spacial score (nSPS) is 16.1. The molecule has 152 valence electrons. The fourth-order valence-corrected chi connectivity index (χ4v) is 3.40. The van der Waals surface area contributed by atoms with Crippen molar-refractivity contribution in [3.05, 3.63) is 35.4 Å². The maximum Gasteiger partial charge on any atom is 0.416 e. The summed E-state index contributed by atoms with van der Waals surface area (Å²) in [5.74, 6) is -0.825. The molecule has 0 aromatic heterocycles. The van der Waals surface area contributed by atoms with Crippen molar-refractivity contribution in [1.29, 1.82) is 0 Å². The summed E-state index contributed by atoms with van der Waals surface area (Å²) in [7, 11) is 0. The molecule has 0 bridgehead atoms. The zero-order valence-corrected chi connectivity index (χ0v) is 15.7. The van der Waals surface area contributed by atoms with Gasteiger partial charge in [-0.2, -0.15) is 13.2 Å². The van der Waals surface area contributed by atoms with E-state index < -0.39 is 23.1 Å². The van der Waals surface area contributed by atoms with Crippen LogP contribution in [-0.4, -0.2) is 31.4 Å². The van der Waals surface area contributed by atoms with E-state index in [9.17, 15) is 22.8 Å². The van der Waals surface area contributed by atoms with Gasteiger partial charge in [-0.25, -0.2) is 0 Å². The van der Waals surface area contributed by atoms with Gasteiger partial charge in [-0.05, 0) is 24.5 Å². The third-order valence-corrected chi connectivity index (χ3v) is 4.87. The zero-order chi connectivity index (χ0) is 19.2. The van der Waals surface area contributed by atoms with Crippen molar-refractivity contribution in [1.82, 2.24) is 10.6 Å². The Morgan fingerprint density at radius 1 is 1.07 bits per heavy atom. The highest BCUT2D eigenvalue weighted by Crippen LogP contribution is 2.41. The van der Waals surface area contributed by atoms with Crippen molar-refractivity contribution in [2.45, 2.75) is 43.7 Å². The van der Waals surface area contributed by atoms with Crippen LogP contribution in [0.15, 0.2) is 24.3 Å². The van der Waals surface area contributed by atoms with E-state index >= 15 is 0 Å². The summed E-state index contributed by atoms with van der Waals surface area (Å²) < 4.78 is 39.2. The molecule has 1 aliphatic rings. The Labute approximate surface area is 162 Å². The van der Waals surface area contributed by atoms with Gasteiger partial charge >= 0.3 is 6.18 Å². The molecular formula is C18H25ClF3N3O2. The molecule has 0 unspecified atom stereocenters. The third kappa shape index (κ3) is 6.39. The third-order valence-electron chi connectivity index (χ3n) is 4.87. The highest BCUT2D eigenvalue weighted by atomic mass is 35.5. The molecule has 2 rings (SSSR count). The molecule has 27 heavy (non-hydrogen) atoms. The van der Waals surface area contributed by atoms with Crippen LogP contribution in [0.2, 0.25) is 0 Å². The maximum absolute atomic E-state index is 13.1. The predicted molar refractivity (Wildman–Crippen MR) is 98.5 cm³/mol. The second-order valence-corrected chi connectivity index (χ2v) is 6.68. The van der Waals surface area contributed by atoms with Crippen LogP contribution in [0.5, 0.6) is 0 Å². The molecule has 1 fully saturated rings. The quantitative estimate of drug-likeness (QED) is 0.677. The van der Waals surface area contributed by atoms with Crippen molar-refractivity contribution in [3.63, 3.8) is 0 Å². The minimum atomic E-state index is -4.40. The average molecular weight is 408 g/mol. The lowest BCUT2D eigenvalue weighted by Crippen LogP contribution is -2.46. The van der Waals surface area contributed by atoms with Crippen LogP contribution in [0, 0.1) is 0 Å². The zero-order valence-electron chi connectivity index (χ0n) is 14.9. The Bertz CT molecular complexity index is 647. The number of nitrogens with one attached hydrogen (secondary N) is 2. The fourth-order valence-electron chi connectivity index (χ4n) is 3.40. The number of nitrogens with two attached hydrogens (primary N) is 1. The Morgan fingerprint density at radius 2 is 1.74 bits per heavy atom. The van der Waals surface area contributed by atoms with Crippen molar-refractivity contribution in [2.75, 3.05) is 19.6 Å². The van der Waals surface area contributed by atoms with E-state index in [2.05, 4.69) is 10.6 Å². The van der Waals surface area contributed by atoms with Crippen molar-refractivity contribution in [2.24, 2.45) is 5.73 Å². The fraction of sp³-hybridized carbons (Fsp3) is 0.556. The molecule has 0 heterocycles. The van der Waals surface area contributed by atoms with Crippen LogP contribution in [0.4, 0.5) is 13.2 Å². The van der Waals surface area contributed by atoms with Gasteiger partial charge in [0, 0.05) is 12.0 Å². The molecule has 0 spiro atoms. The standard InChI is InChI=1S/C18H24F3N3O2.ClH/c19-18(20,21)14-6-4-5-13(9-14)17(7-2-1-3-8-17)12-24-16(26)11-23-15(25)10-22;/h4-6,9H,1-3,7-8,10-12,22H2,(H,23,25)(H,24,26);1H. The van der Waals surface area contributed by atoms with E-state index in [1.807, 2.05) is 0 Å². The summed E-state index contributed by atoms with van der Waals surface area (Å²) in [5, 5.41) is 5.13. The first-order valence-corrected chi connectivity index (χ1v) is 8.68. The second kappa shape index (κ2) is 9.94. The minimum absolute atomic E-state index is 0. The smallest absolute Gasteiger partial charge is 0.354 e. The molecule has 5 nitrogen and oxygen atoms in total. The number of carbonyl (C=O) groups excluding carboxylic acids is 2. The summed E-state index contributed by atoms with van der Waals surface area (Å²) >= 11 is 0. The van der Waals surface area contributed by atoms with Crippen LogP contribution >= 0.6 is 12.4 Å². The SMILES string of the molecule is Cl.NCC(=O)NCC(=O)NCC1(c2cccc(C(F)(F)F)c2)CCCCC1. The number of halogens is 4. The van der Waals surface area contributed by atoms with E-state index in [-0.39, 0.29) is 37.9 Å². The molecule has 9 heteroatoms. The van der Waals surface area contributed by atoms with Gasteiger partial charge in [-0.3, -0.25) is 9.59 Å². The summed E-state index contributed by atoms with van der Waals surface area (Å²) in [5.41, 5.74) is 4.56. The van der Waals surface area contributed by atoms with Gasteiger partial charge < -0.3 is 16.4 Å². The Kier molecular flexibility index (Phi) is 8.56. The lowest BCUT2D eigenvalue weighted by atomic mass is 9.69.